The van der Waals surface area contributed by atoms with Crippen LogP contribution in [0.4, 0.5) is 5.69 Å². The summed E-state index contributed by atoms with van der Waals surface area (Å²) in [6.45, 7) is 2.14. The topological polar surface area (TPSA) is 24.9 Å². The number of rotatable bonds is 2. The lowest BCUT2D eigenvalue weighted by Gasteiger charge is -2.26. The zero-order valence-electron chi connectivity index (χ0n) is 11.0. The van der Waals surface area contributed by atoms with E-state index in [0.29, 0.717) is 6.04 Å². The van der Waals surface area contributed by atoms with E-state index >= 15 is 0 Å². The predicted molar refractivity (Wildman–Crippen MR) is 82.4 cm³/mol. The highest BCUT2D eigenvalue weighted by Gasteiger charge is 2.21. The molecule has 1 aromatic carbocycles. The van der Waals surface area contributed by atoms with Gasteiger partial charge in [-0.15, -0.1) is 0 Å². The van der Waals surface area contributed by atoms with Gasteiger partial charge in [0.1, 0.15) is 0 Å². The Balaban J connectivity index is 1.90. The van der Waals surface area contributed by atoms with Crippen LogP contribution in [0.15, 0.2) is 41.0 Å². The van der Waals surface area contributed by atoms with Crippen molar-refractivity contribution in [2.75, 3.05) is 5.32 Å². The molecule has 0 amide bonds. The maximum absolute atomic E-state index is 4.57. The Morgan fingerprint density at radius 2 is 2.21 bits per heavy atom. The summed E-state index contributed by atoms with van der Waals surface area (Å²) in [6.07, 6.45) is 5.42. The molecule has 1 aromatic heterocycles. The first-order chi connectivity index (χ1) is 9.24. The molecule has 1 aliphatic rings. The molecule has 0 saturated carbocycles. The van der Waals surface area contributed by atoms with E-state index in [4.69, 9.17) is 0 Å². The molecule has 98 valence electrons. The number of pyridine rings is 1. The van der Waals surface area contributed by atoms with E-state index < -0.39 is 0 Å². The number of aromatic nitrogens is 1. The van der Waals surface area contributed by atoms with Crippen LogP contribution in [0.25, 0.3) is 0 Å². The first-order valence-electron chi connectivity index (χ1n) is 6.70. The molecule has 1 N–H and O–H groups in total. The third kappa shape index (κ3) is 2.66. The van der Waals surface area contributed by atoms with Crippen LogP contribution < -0.4 is 5.32 Å². The van der Waals surface area contributed by atoms with Crippen LogP contribution >= 0.6 is 15.9 Å². The molecule has 0 spiro atoms. The molecule has 1 atom stereocenters. The van der Waals surface area contributed by atoms with Crippen molar-refractivity contribution in [3.63, 3.8) is 0 Å². The fourth-order valence-corrected chi connectivity index (χ4v) is 3.05. The molecule has 2 nitrogen and oxygen atoms in total. The number of halogens is 1. The van der Waals surface area contributed by atoms with Crippen molar-refractivity contribution >= 4 is 21.6 Å². The van der Waals surface area contributed by atoms with Gasteiger partial charge in [-0.05, 0) is 55.5 Å². The lowest BCUT2D eigenvalue weighted by atomic mass is 9.91. The van der Waals surface area contributed by atoms with Crippen LogP contribution in [0, 0.1) is 6.92 Å². The zero-order valence-corrected chi connectivity index (χ0v) is 12.6. The average Bonchev–Trinajstić information content (AvgIpc) is 2.43. The highest BCUT2D eigenvalue weighted by atomic mass is 79.9. The molecule has 0 bridgehead atoms. The molecule has 1 unspecified atom stereocenters. The van der Waals surface area contributed by atoms with E-state index in [1.165, 1.54) is 28.9 Å². The van der Waals surface area contributed by atoms with Gasteiger partial charge in [0.2, 0.25) is 0 Å². The molecule has 3 rings (SSSR count). The maximum Gasteiger partial charge on any atom is 0.0688 e. The Kier molecular flexibility index (Phi) is 3.56. The quantitative estimate of drug-likeness (QED) is 0.872. The smallest absolute Gasteiger partial charge is 0.0688 e. The fourth-order valence-electron chi connectivity index (χ4n) is 2.69. The Labute approximate surface area is 122 Å². The number of aryl methyl sites for hydroxylation is 2. The van der Waals surface area contributed by atoms with E-state index in [0.717, 1.165) is 17.3 Å². The Hall–Kier alpha value is -1.35. The van der Waals surface area contributed by atoms with Crippen LogP contribution in [-0.4, -0.2) is 4.98 Å². The largest absolute Gasteiger partial charge is 0.376 e. The van der Waals surface area contributed by atoms with Crippen LogP contribution in [0.2, 0.25) is 0 Å². The number of hydrogen-bond donors (Lipinski definition) is 1. The monoisotopic (exact) mass is 316 g/mol. The van der Waals surface area contributed by atoms with E-state index in [2.05, 4.69) is 57.4 Å². The van der Waals surface area contributed by atoms with Gasteiger partial charge in [-0.2, -0.15) is 0 Å². The molecule has 0 aliphatic heterocycles. The second-order valence-corrected chi connectivity index (χ2v) is 6.01. The van der Waals surface area contributed by atoms with Crippen molar-refractivity contribution in [1.82, 2.24) is 4.98 Å². The lowest BCUT2D eigenvalue weighted by Crippen LogP contribution is -2.19. The number of nitrogens with one attached hydrogen (secondary N) is 1. The SMILES string of the molecule is Cc1ccc(Br)cc1NC1CCCc2cccnc21. The normalized spacial score (nSPS) is 17.9. The van der Waals surface area contributed by atoms with Crippen molar-refractivity contribution in [2.24, 2.45) is 0 Å². The number of fused-ring (bicyclic) bond motifs is 1. The molecule has 3 heteroatoms. The van der Waals surface area contributed by atoms with Gasteiger partial charge in [0.05, 0.1) is 11.7 Å². The minimum atomic E-state index is 0.331. The second kappa shape index (κ2) is 5.33. The van der Waals surface area contributed by atoms with Crippen LogP contribution in [0.5, 0.6) is 0 Å². The number of nitrogens with zero attached hydrogens (tertiary/aromatic N) is 1. The third-order valence-corrected chi connectivity index (χ3v) is 4.22. The van der Waals surface area contributed by atoms with Gasteiger partial charge < -0.3 is 5.32 Å². The molecule has 2 aromatic rings. The molecule has 1 aliphatic carbocycles. The van der Waals surface area contributed by atoms with Crippen molar-refractivity contribution in [3.05, 3.63) is 57.8 Å². The summed E-state index contributed by atoms with van der Waals surface area (Å²) < 4.78 is 1.11. The summed E-state index contributed by atoms with van der Waals surface area (Å²) in [5, 5.41) is 3.65. The average molecular weight is 317 g/mol. The van der Waals surface area contributed by atoms with Gasteiger partial charge in [-0.3, -0.25) is 4.98 Å². The number of anilines is 1. The highest BCUT2D eigenvalue weighted by molar-refractivity contribution is 9.10. The molecular formula is C16H17BrN2. The Bertz CT molecular complexity index is 595. The van der Waals surface area contributed by atoms with Crippen LogP contribution in [0.3, 0.4) is 0 Å². The van der Waals surface area contributed by atoms with E-state index in [1.54, 1.807) is 0 Å². The molecule has 0 radical (unpaired) electrons. The number of hydrogen-bond acceptors (Lipinski definition) is 2. The summed E-state index contributed by atoms with van der Waals surface area (Å²) in [4.78, 5) is 4.57. The van der Waals surface area contributed by atoms with Crippen molar-refractivity contribution < 1.29 is 0 Å². The highest BCUT2D eigenvalue weighted by Crippen LogP contribution is 2.32. The van der Waals surface area contributed by atoms with Gasteiger partial charge in [-0.25, -0.2) is 0 Å². The molecule has 0 saturated heterocycles. The lowest BCUT2D eigenvalue weighted by molar-refractivity contribution is 0.583. The predicted octanol–water partition coefficient (Wildman–Crippen LogP) is 4.64. The third-order valence-electron chi connectivity index (χ3n) is 3.72. The summed E-state index contributed by atoms with van der Waals surface area (Å²) in [7, 11) is 0. The van der Waals surface area contributed by atoms with E-state index in [9.17, 15) is 0 Å². The summed E-state index contributed by atoms with van der Waals surface area (Å²) in [6, 6.07) is 10.9. The first-order valence-corrected chi connectivity index (χ1v) is 7.50. The summed E-state index contributed by atoms with van der Waals surface area (Å²) in [5.41, 5.74) is 5.07. The van der Waals surface area contributed by atoms with Gasteiger partial charge in [-0.1, -0.05) is 28.1 Å². The molecule has 1 heterocycles. The van der Waals surface area contributed by atoms with Gasteiger partial charge in [0, 0.05) is 16.4 Å². The Morgan fingerprint density at radius 1 is 1.32 bits per heavy atom. The minimum Gasteiger partial charge on any atom is -0.376 e. The second-order valence-electron chi connectivity index (χ2n) is 5.10. The van der Waals surface area contributed by atoms with Crippen molar-refractivity contribution in [2.45, 2.75) is 32.2 Å². The number of benzene rings is 1. The molecule has 19 heavy (non-hydrogen) atoms. The van der Waals surface area contributed by atoms with Gasteiger partial charge in [0.25, 0.3) is 0 Å². The minimum absolute atomic E-state index is 0.331. The Morgan fingerprint density at radius 3 is 3.11 bits per heavy atom. The zero-order chi connectivity index (χ0) is 13.2. The molecular weight excluding hydrogens is 300 g/mol. The standard InChI is InChI=1S/C16H17BrN2/c1-11-7-8-13(17)10-15(11)19-14-6-2-4-12-5-3-9-18-16(12)14/h3,5,7-10,14,19H,2,4,6H2,1H3. The van der Waals surface area contributed by atoms with Crippen molar-refractivity contribution in [1.29, 1.82) is 0 Å². The maximum atomic E-state index is 4.57. The van der Waals surface area contributed by atoms with Gasteiger partial charge >= 0.3 is 0 Å². The molecule has 0 fully saturated rings. The fraction of sp³-hybridized carbons (Fsp3) is 0.312. The van der Waals surface area contributed by atoms with Crippen molar-refractivity contribution in [3.8, 4) is 0 Å². The summed E-state index contributed by atoms with van der Waals surface area (Å²) >= 11 is 3.54. The summed E-state index contributed by atoms with van der Waals surface area (Å²) in [5.74, 6) is 0. The van der Waals surface area contributed by atoms with Crippen LogP contribution in [0.1, 0.15) is 35.7 Å². The van der Waals surface area contributed by atoms with E-state index in [-0.39, 0.29) is 0 Å². The first kappa shape index (κ1) is 12.7. The van der Waals surface area contributed by atoms with Gasteiger partial charge in [0.15, 0.2) is 0 Å². The van der Waals surface area contributed by atoms with E-state index in [1.807, 2.05) is 12.3 Å². The van der Waals surface area contributed by atoms with Crippen LogP contribution in [-0.2, 0) is 6.42 Å².